The van der Waals surface area contributed by atoms with E-state index in [9.17, 15) is 14.4 Å². The molecule has 0 aliphatic rings. The summed E-state index contributed by atoms with van der Waals surface area (Å²) in [6.07, 6.45) is 3.47. The molecule has 0 aliphatic carbocycles. The van der Waals surface area contributed by atoms with Crippen LogP contribution < -0.4 is 5.32 Å². The van der Waals surface area contributed by atoms with E-state index in [1.54, 1.807) is 12.1 Å². The molecule has 29 heavy (non-hydrogen) atoms. The van der Waals surface area contributed by atoms with Crippen molar-refractivity contribution in [1.82, 2.24) is 10.3 Å². The van der Waals surface area contributed by atoms with E-state index in [-0.39, 0.29) is 18.3 Å². The largest absolute Gasteiger partial charge is 0.454 e. The number of ketones is 1. The van der Waals surface area contributed by atoms with Crippen LogP contribution in [0.5, 0.6) is 0 Å². The summed E-state index contributed by atoms with van der Waals surface area (Å²) in [5.41, 5.74) is 1.47. The Bertz CT molecular complexity index is 1070. The molecule has 0 saturated carbocycles. The van der Waals surface area contributed by atoms with Gasteiger partial charge in [0.15, 0.2) is 6.61 Å². The van der Waals surface area contributed by atoms with E-state index in [1.807, 2.05) is 42.5 Å². The second kappa shape index (κ2) is 9.75. The van der Waals surface area contributed by atoms with Gasteiger partial charge in [-0.15, -0.1) is 11.3 Å². The molecule has 0 saturated heterocycles. The summed E-state index contributed by atoms with van der Waals surface area (Å²) in [5.74, 6) is -0.946. The van der Waals surface area contributed by atoms with E-state index < -0.39 is 5.97 Å². The number of benzene rings is 1. The van der Waals surface area contributed by atoms with Crippen LogP contribution in [0.1, 0.15) is 27.2 Å². The minimum absolute atomic E-state index is 0.0864. The second-order valence-electron chi connectivity index (χ2n) is 6.29. The Balaban J connectivity index is 1.49. The summed E-state index contributed by atoms with van der Waals surface area (Å²) in [6.45, 7) is 1.66. The van der Waals surface area contributed by atoms with Gasteiger partial charge in [0, 0.05) is 29.8 Å². The molecule has 148 valence electrons. The third-order valence-electron chi connectivity index (χ3n) is 4.04. The molecule has 0 aliphatic heterocycles. The first-order valence-corrected chi connectivity index (χ1v) is 9.90. The molecule has 3 rings (SSSR count). The summed E-state index contributed by atoms with van der Waals surface area (Å²) in [6, 6.07) is 15.0. The van der Waals surface area contributed by atoms with Gasteiger partial charge in [-0.3, -0.25) is 9.59 Å². The number of carbonyl (C=O) groups is 3. The molecule has 0 fully saturated rings. The molecular formula is C22H20N2O4S. The highest BCUT2D eigenvalue weighted by Crippen LogP contribution is 2.18. The number of hydrogen-bond donors (Lipinski definition) is 1. The SMILES string of the molecule is CC(=O)NCCc1ccc(C(=O)COC(=O)/C=C/c2ccc3ccccc3n2)s1. The molecule has 0 atom stereocenters. The number of para-hydroxylation sites is 1. The molecule has 2 aromatic heterocycles. The van der Waals surface area contributed by atoms with E-state index >= 15 is 0 Å². The van der Waals surface area contributed by atoms with Crippen molar-refractivity contribution in [2.75, 3.05) is 13.2 Å². The lowest BCUT2D eigenvalue weighted by atomic mass is 10.2. The zero-order chi connectivity index (χ0) is 20.6. The van der Waals surface area contributed by atoms with Gasteiger partial charge in [-0.25, -0.2) is 9.78 Å². The second-order valence-corrected chi connectivity index (χ2v) is 7.46. The first kappa shape index (κ1) is 20.4. The van der Waals surface area contributed by atoms with Crippen LogP contribution in [0.4, 0.5) is 0 Å². The summed E-state index contributed by atoms with van der Waals surface area (Å²) in [5, 5.41) is 3.73. The molecule has 7 heteroatoms. The molecule has 3 aromatic rings. The maximum atomic E-state index is 12.2. The summed E-state index contributed by atoms with van der Waals surface area (Å²) in [7, 11) is 0. The number of fused-ring (bicyclic) bond motifs is 1. The van der Waals surface area contributed by atoms with Crippen LogP contribution in [0.15, 0.2) is 54.6 Å². The number of amides is 1. The van der Waals surface area contributed by atoms with Gasteiger partial charge < -0.3 is 10.1 Å². The number of ether oxygens (including phenoxy) is 1. The Hall–Kier alpha value is -3.32. The molecule has 0 bridgehead atoms. The van der Waals surface area contributed by atoms with Crippen molar-refractivity contribution in [3.8, 4) is 0 Å². The average molecular weight is 408 g/mol. The Morgan fingerprint density at radius 2 is 1.93 bits per heavy atom. The van der Waals surface area contributed by atoms with Crippen LogP contribution in [0, 0.1) is 0 Å². The minimum atomic E-state index is -0.601. The fourth-order valence-electron chi connectivity index (χ4n) is 2.61. The molecule has 0 unspecified atom stereocenters. The number of nitrogens with one attached hydrogen (secondary N) is 1. The highest BCUT2D eigenvalue weighted by Gasteiger charge is 2.11. The topological polar surface area (TPSA) is 85.4 Å². The number of thiophene rings is 1. The van der Waals surface area contributed by atoms with Crippen LogP contribution in [-0.4, -0.2) is 35.8 Å². The third kappa shape index (κ3) is 6.08. The van der Waals surface area contributed by atoms with Crippen LogP contribution in [0.25, 0.3) is 17.0 Å². The lowest BCUT2D eigenvalue weighted by Gasteiger charge is -2.01. The minimum Gasteiger partial charge on any atom is -0.454 e. The van der Waals surface area contributed by atoms with Crippen molar-refractivity contribution in [1.29, 1.82) is 0 Å². The summed E-state index contributed by atoms with van der Waals surface area (Å²) < 4.78 is 5.04. The molecule has 1 N–H and O–H groups in total. The van der Waals surface area contributed by atoms with E-state index in [2.05, 4.69) is 10.3 Å². The number of carbonyl (C=O) groups excluding carboxylic acids is 3. The first-order valence-electron chi connectivity index (χ1n) is 9.08. The normalized spacial score (nSPS) is 10.9. The van der Waals surface area contributed by atoms with Crippen LogP contribution in [0.2, 0.25) is 0 Å². The Morgan fingerprint density at radius 1 is 1.10 bits per heavy atom. The quantitative estimate of drug-likeness (QED) is 0.351. The number of esters is 1. The van der Waals surface area contributed by atoms with Crippen molar-refractivity contribution in [3.63, 3.8) is 0 Å². The standard InChI is InChI=1S/C22H20N2O4S/c1-15(25)23-13-12-18-9-10-21(29-18)20(26)14-28-22(27)11-8-17-7-6-16-4-2-3-5-19(16)24-17/h2-11H,12-14H2,1H3,(H,23,25)/b11-8+. The van der Waals surface area contributed by atoms with Crippen LogP contribution in [-0.2, 0) is 20.7 Å². The number of Topliss-reactive ketones (excluding diaryl/α,β-unsaturated/α-hetero) is 1. The number of rotatable bonds is 8. The monoisotopic (exact) mass is 408 g/mol. The van der Waals surface area contributed by atoms with Gasteiger partial charge in [-0.1, -0.05) is 24.3 Å². The van der Waals surface area contributed by atoms with Gasteiger partial charge in [0.1, 0.15) is 0 Å². The fraction of sp³-hybridized carbons (Fsp3) is 0.182. The van der Waals surface area contributed by atoms with E-state index in [1.165, 1.54) is 24.3 Å². The number of hydrogen-bond acceptors (Lipinski definition) is 6. The molecular weight excluding hydrogens is 388 g/mol. The van der Waals surface area contributed by atoms with Gasteiger partial charge in [0.2, 0.25) is 11.7 Å². The molecule has 1 amide bonds. The summed E-state index contributed by atoms with van der Waals surface area (Å²) >= 11 is 1.34. The van der Waals surface area contributed by atoms with Crippen LogP contribution >= 0.6 is 11.3 Å². The van der Waals surface area contributed by atoms with Gasteiger partial charge in [0.25, 0.3) is 0 Å². The fourth-order valence-corrected chi connectivity index (χ4v) is 3.54. The van der Waals surface area contributed by atoms with E-state index in [0.717, 1.165) is 15.8 Å². The summed E-state index contributed by atoms with van der Waals surface area (Å²) in [4.78, 5) is 40.9. The average Bonchev–Trinajstić information content (AvgIpc) is 3.19. The van der Waals surface area contributed by atoms with Crippen molar-refractivity contribution in [3.05, 3.63) is 70.1 Å². The molecule has 1 aromatic carbocycles. The zero-order valence-corrected chi connectivity index (χ0v) is 16.7. The zero-order valence-electron chi connectivity index (χ0n) is 15.9. The molecule has 0 spiro atoms. The lowest BCUT2D eigenvalue weighted by Crippen LogP contribution is -2.22. The number of aromatic nitrogens is 1. The molecule has 0 radical (unpaired) electrons. The number of pyridine rings is 1. The molecule has 2 heterocycles. The Labute approximate surface area is 172 Å². The van der Waals surface area contributed by atoms with Crippen molar-refractivity contribution >= 4 is 46.0 Å². The highest BCUT2D eigenvalue weighted by molar-refractivity contribution is 7.14. The predicted octanol–water partition coefficient (Wildman–Crippen LogP) is 3.41. The van der Waals surface area contributed by atoms with Gasteiger partial charge >= 0.3 is 5.97 Å². The first-order chi connectivity index (χ1) is 14.0. The van der Waals surface area contributed by atoms with E-state index in [0.29, 0.717) is 23.5 Å². The smallest absolute Gasteiger partial charge is 0.331 e. The Morgan fingerprint density at radius 3 is 2.76 bits per heavy atom. The van der Waals surface area contributed by atoms with E-state index in [4.69, 9.17) is 4.74 Å². The third-order valence-corrected chi connectivity index (χ3v) is 5.22. The maximum absolute atomic E-state index is 12.2. The molecule has 6 nitrogen and oxygen atoms in total. The predicted molar refractivity (Wildman–Crippen MR) is 113 cm³/mol. The van der Waals surface area contributed by atoms with Gasteiger partial charge in [-0.05, 0) is 36.8 Å². The maximum Gasteiger partial charge on any atom is 0.331 e. The van der Waals surface area contributed by atoms with Crippen molar-refractivity contribution < 1.29 is 19.1 Å². The lowest BCUT2D eigenvalue weighted by molar-refractivity contribution is -0.136. The number of nitrogens with zero attached hydrogens (tertiary/aromatic N) is 1. The van der Waals surface area contributed by atoms with Crippen molar-refractivity contribution in [2.24, 2.45) is 0 Å². The highest BCUT2D eigenvalue weighted by atomic mass is 32.1. The Kier molecular flexibility index (Phi) is 6.86. The van der Waals surface area contributed by atoms with Gasteiger partial charge in [-0.2, -0.15) is 0 Å². The van der Waals surface area contributed by atoms with Gasteiger partial charge in [0.05, 0.1) is 16.1 Å². The van der Waals surface area contributed by atoms with Crippen LogP contribution in [0.3, 0.4) is 0 Å². The van der Waals surface area contributed by atoms with Crippen molar-refractivity contribution in [2.45, 2.75) is 13.3 Å².